The summed E-state index contributed by atoms with van der Waals surface area (Å²) in [7, 11) is 0. The van der Waals surface area contributed by atoms with Gasteiger partial charge in [-0.05, 0) is 12.1 Å². The highest BCUT2D eigenvalue weighted by Gasteiger charge is 2.25. The van der Waals surface area contributed by atoms with Gasteiger partial charge in [0, 0.05) is 37.7 Å². The Bertz CT molecular complexity index is 742. The molecule has 1 aliphatic heterocycles. The first-order valence-corrected chi connectivity index (χ1v) is 10.1. The number of nitrogens with zero attached hydrogens (tertiary/aromatic N) is 2. The first-order chi connectivity index (χ1) is 13.1. The number of quaternary nitrogens is 1. The molecule has 0 saturated carbocycles. The second-order valence-corrected chi connectivity index (χ2v) is 7.85. The number of hydrogen-bond donors (Lipinski definition) is 1. The van der Waals surface area contributed by atoms with Crippen molar-refractivity contribution in [2.45, 2.75) is 19.9 Å². The van der Waals surface area contributed by atoms with Gasteiger partial charge in [-0.15, -0.1) is 0 Å². The SMILES string of the molecule is CC(C)[C@@H]([NH2+]CC(=O)N1CCN(c2ccccc2Cl)CC1)c1ccccc1. The van der Waals surface area contributed by atoms with Crippen LogP contribution in [0.15, 0.2) is 54.6 Å². The molecule has 1 fully saturated rings. The van der Waals surface area contributed by atoms with E-state index in [1.807, 2.05) is 35.2 Å². The minimum atomic E-state index is 0.218. The van der Waals surface area contributed by atoms with Gasteiger partial charge in [-0.25, -0.2) is 0 Å². The van der Waals surface area contributed by atoms with E-state index in [0.29, 0.717) is 18.5 Å². The third-order valence-corrected chi connectivity index (χ3v) is 5.59. The van der Waals surface area contributed by atoms with Gasteiger partial charge in [-0.1, -0.05) is 67.9 Å². The maximum absolute atomic E-state index is 12.7. The van der Waals surface area contributed by atoms with Crippen LogP contribution in [-0.2, 0) is 4.79 Å². The summed E-state index contributed by atoms with van der Waals surface area (Å²) in [5.41, 5.74) is 2.34. The predicted octanol–water partition coefficient (Wildman–Crippen LogP) is 2.95. The zero-order chi connectivity index (χ0) is 19.2. The Kier molecular flexibility index (Phi) is 6.75. The minimum Gasteiger partial charge on any atom is -0.367 e. The summed E-state index contributed by atoms with van der Waals surface area (Å²) in [4.78, 5) is 17.0. The number of para-hydroxylation sites is 1. The van der Waals surface area contributed by atoms with Crippen molar-refractivity contribution in [1.82, 2.24) is 4.90 Å². The molecule has 1 amide bonds. The number of rotatable bonds is 6. The summed E-state index contributed by atoms with van der Waals surface area (Å²) in [6.45, 7) is 8.04. The molecule has 4 nitrogen and oxygen atoms in total. The molecular weight excluding hydrogens is 358 g/mol. The molecule has 2 aromatic carbocycles. The fourth-order valence-corrected chi connectivity index (χ4v) is 3.99. The topological polar surface area (TPSA) is 40.2 Å². The van der Waals surface area contributed by atoms with E-state index in [-0.39, 0.29) is 5.91 Å². The summed E-state index contributed by atoms with van der Waals surface area (Å²) in [6.07, 6.45) is 0. The first kappa shape index (κ1) is 19.7. The summed E-state index contributed by atoms with van der Waals surface area (Å²) in [5, 5.41) is 2.95. The highest BCUT2D eigenvalue weighted by molar-refractivity contribution is 6.33. The third-order valence-electron chi connectivity index (χ3n) is 5.27. The highest BCUT2D eigenvalue weighted by atomic mass is 35.5. The Balaban J connectivity index is 1.53. The van der Waals surface area contributed by atoms with Gasteiger partial charge in [-0.2, -0.15) is 0 Å². The summed E-state index contributed by atoms with van der Waals surface area (Å²) >= 11 is 6.30. The molecule has 0 aliphatic carbocycles. The van der Waals surface area contributed by atoms with Crippen LogP contribution in [0.25, 0.3) is 0 Å². The van der Waals surface area contributed by atoms with Crippen molar-refractivity contribution in [3.8, 4) is 0 Å². The molecule has 0 bridgehead atoms. The Hall–Kier alpha value is -2.04. The van der Waals surface area contributed by atoms with E-state index in [0.717, 1.165) is 36.9 Å². The van der Waals surface area contributed by atoms with E-state index in [4.69, 9.17) is 11.6 Å². The summed E-state index contributed by atoms with van der Waals surface area (Å²) in [5.74, 6) is 0.688. The molecule has 3 rings (SSSR count). The van der Waals surface area contributed by atoms with Crippen molar-refractivity contribution in [2.24, 2.45) is 5.92 Å². The number of piperazine rings is 1. The van der Waals surface area contributed by atoms with Crippen LogP contribution in [0.5, 0.6) is 0 Å². The maximum atomic E-state index is 12.7. The van der Waals surface area contributed by atoms with Gasteiger partial charge in [0.2, 0.25) is 0 Å². The Morgan fingerprint density at radius 1 is 1.00 bits per heavy atom. The number of carbonyl (C=O) groups is 1. The molecule has 5 heteroatoms. The number of hydrogen-bond acceptors (Lipinski definition) is 2. The average molecular weight is 387 g/mol. The Morgan fingerprint density at radius 2 is 1.63 bits per heavy atom. The zero-order valence-corrected chi connectivity index (χ0v) is 16.9. The van der Waals surface area contributed by atoms with E-state index >= 15 is 0 Å². The number of carbonyl (C=O) groups excluding carboxylic acids is 1. The summed E-state index contributed by atoms with van der Waals surface area (Å²) < 4.78 is 0. The standard InChI is InChI=1S/C22H28ClN3O/c1-17(2)22(18-8-4-3-5-9-18)24-16-21(27)26-14-12-25(13-15-26)20-11-7-6-10-19(20)23/h3-11,17,22,24H,12-16H2,1-2H3/p+1/t22-/m1/s1. The molecule has 0 radical (unpaired) electrons. The fraction of sp³-hybridized carbons (Fsp3) is 0.409. The molecule has 144 valence electrons. The van der Waals surface area contributed by atoms with Crippen molar-refractivity contribution in [1.29, 1.82) is 0 Å². The van der Waals surface area contributed by atoms with E-state index < -0.39 is 0 Å². The number of nitrogens with two attached hydrogens (primary N) is 1. The lowest BCUT2D eigenvalue weighted by molar-refractivity contribution is -0.692. The van der Waals surface area contributed by atoms with Crippen LogP contribution in [0, 0.1) is 5.92 Å². The van der Waals surface area contributed by atoms with Crippen LogP contribution in [0.3, 0.4) is 0 Å². The van der Waals surface area contributed by atoms with Crippen molar-refractivity contribution in [3.63, 3.8) is 0 Å². The molecule has 1 aliphatic rings. The molecule has 1 atom stereocenters. The number of halogens is 1. The molecule has 1 heterocycles. The lowest BCUT2D eigenvalue weighted by Crippen LogP contribution is -2.88. The second-order valence-electron chi connectivity index (χ2n) is 7.44. The largest absolute Gasteiger partial charge is 0.367 e. The van der Waals surface area contributed by atoms with Gasteiger partial charge in [0.15, 0.2) is 6.54 Å². The van der Waals surface area contributed by atoms with Crippen LogP contribution in [0.2, 0.25) is 5.02 Å². The zero-order valence-electron chi connectivity index (χ0n) is 16.1. The average Bonchev–Trinajstić information content (AvgIpc) is 2.69. The predicted molar refractivity (Wildman–Crippen MR) is 111 cm³/mol. The van der Waals surface area contributed by atoms with E-state index in [9.17, 15) is 4.79 Å². The Morgan fingerprint density at radius 3 is 2.26 bits per heavy atom. The number of anilines is 1. The maximum Gasteiger partial charge on any atom is 0.277 e. The van der Waals surface area contributed by atoms with Crippen LogP contribution < -0.4 is 10.2 Å². The van der Waals surface area contributed by atoms with Gasteiger partial charge in [0.25, 0.3) is 5.91 Å². The molecule has 0 spiro atoms. The summed E-state index contributed by atoms with van der Waals surface area (Å²) in [6, 6.07) is 18.7. The molecular formula is C22H29ClN3O+. The smallest absolute Gasteiger partial charge is 0.277 e. The van der Waals surface area contributed by atoms with Gasteiger partial charge >= 0.3 is 0 Å². The van der Waals surface area contributed by atoms with Gasteiger partial charge in [-0.3, -0.25) is 4.79 Å². The normalized spacial score (nSPS) is 15.9. The molecule has 2 N–H and O–H groups in total. The first-order valence-electron chi connectivity index (χ1n) is 9.72. The van der Waals surface area contributed by atoms with Crippen LogP contribution >= 0.6 is 11.6 Å². The molecule has 0 unspecified atom stereocenters. The highest BCUT2D eigenvalue weighted by Crippen LogP contribution is 2.26. The van der Waals surface area contributed by atoms with Crippen molar-refractivity contribution in [2.75, 3.05) is 37.6 Å². The van der Waals surface area contributed by atoms with Gasteiger partial charge in [0.1, 0.15) is 6.04 Å². The lowest BCUT2D eigenvalue weighted by atomic mass is 9.96. The van der Waals surface area contributed by atoms with E-state index in [2.05, 4.69) is 48.3 Å². The quantitative estimate of drug-likeness (QED) is 0.829. The minimum absolute atomic E-state index is 0.218. The van der Waals surface area contributed by atoms with Crippen LogP contribution in [-0.4, -0.2) is 43.5 Å². The van der Waals surface area contributed by atoms with Crippen molar-refractivity contribution >= 4 is 23.2 Å². The number of benzene rings is 2. The Labute approximate surface area is 167 Å². The lowest BCUT2D eigenvalue weighted by Gasteiger charge is -2.36. The molecule has 2 aromatic rings. The fourth-order valence-electron chi connectivity index (χ4n) is 3.73. The monoisotopic (exact) mass is 386 g/mol. The van der Waals surface area contributed by atoms with Gasteiger partial charge in [0.05, 0.1) is 10.7 Å². The molecule has 0 aromatic heterocycles. The molecule has 27 heavy (non-hydrogen) atoms. The van der Waals surface area contributed by atoms with Crippen LogP contribution in [0.4, 0.5) is 5.69 Å². The number of amides is 1. The molecule has 1 saturated heterocycles. The van der Waals surface area contributed by atoms with Crippen molar-refractivity contribution in [3.05, 3.63) is 65.2 Å². The third kappa shape index (κ3) is 5.02. The second kappa shape index (κ2) is 9.25. The van der Waals surface area contributed by atoms with Gasteiger partial charge < -0.3 is 15.1 Å². The van der Waals surface area contributed by atoms with E-state index in [1.54, 1.807) is 0 Å². The van der Waals surface area contributed by atoms with E-state index in [1.165, 1.54) is 5.56 Å². The van der Waals surface area contributed by atoms with Crippen LogP contribution in [0.1, 0.15) is 25.5 Å². The van der Waals surface area contributed by atoms with Crippen molar-refractivity contribution < 1.29 is 10.1 Å².